The molecule has 1 unspecified atom stereocenters. The van der Waals surface area contributed by atoms with Crippen molar-refractivity contribution in [3.05, 3.63) is 17.5 Å². The van der Waals surface area contributed by atoms with Gasteiger partial charge in [-0.2, -0.15) is 0 Å². The van der Waals surface area contributed by atoms with Crippen molar-refractivity contribution < 1.29 is 14.6 Å². The van der Waals surface area contributed by atoms with Crippen LogP contribution in [0.4, 0.5) is 5.69 Å². The third-order valence-corrected chi connectivity index (χ3v) is 1.96. The van der Waals surface area contributed by atoms with Crippen LogP contribution in [0, 0.1) is 6.92 Å². The molecule has 0 saturated carbocycles. The number of pyridine rings is 1. The summed E-state index contributed by atoms with van der Waals surface area (Å²) in [6.45, 7) is 3.97. The van der Waals surface area contributed by atoms with Crippen LogP contribution in [0.5, 0.6) is 5.75 Å². The van der Waals surface area contributed by atoms with E-state index in [0.29, 0.717) is 23.7 Å². The second-order valence-electron chi connectivity index (χ2n) is 3.07. The molecule has 84 valence electrons. The molecule has 0 aliphatic rings. The first-order valence-corrected chi connectivity index (χ1v) is 4.70. The number of aryl methyl sites for hydroxylation is 1. The SMILES string of the molecule is CCOC(O)c1nc(C)cc(OC)c1N. The van der Waals surface area contributed by atoms with Gasteiger partial charge in [0.05, 0.1) is 7.11 Å². The maximum atomic E-state index is 9.63. The highest BCUT2D eigenvalue weighted by Crippen LogP contribution is 2.29. The highest BCUT2D eigenvalue weighted by atomic mass is 16.6. The van der Waals surface area contributed by atoms with E-state index < -0.39 is 6.29 Å². The Kier molecular flexibility index (Phi) is 3.88. The highest BCUT2D eigenvalue weighted by molar-refractivity contribution is 5.56. The van der Waals surface area contributed by atoms with Crippen LogP contribution in [0.15, 0.2) is 6.07 Å². The third-order valence-electron chi connectivity index (χ3n) is 1.96. The first kappa shape index (κ1) is 11.7. The van der Waals surface area contributed by atoms with Crippen LogP contribution in [0.25, 0.3) is 0 Å². The van der Waals surface area contributed by atoms with Crippen molar-refractivity contribution in [2.24, 2.45) is 0 Å². The summed E-state index contributed by atoms with van der Waals surface area (Å²) in [4.78, 5) is 4.12. The van der Waals surface area contributed by atoms with Crippen molar-refractivity contribution in [3.8, 4) is 5.75 Å². The van der Waals surface area contributed by atoms with Crippen LogP contribution in [0.3, 0.4) is 0 Å². The summed E-state index contributed by atoms with van der Waals surface area (Å²) in [5.41, 5.74) is 7.09. The first-order valence-electron chi connectivity index (χ1n) is 4.70. The van der Waals surface area contributed by atoms with E-state index in [9.17, 15) is 5.11 Å². The van der Waals surface area contributed by atoms with Crippen molar-refractivity contribution in [1.82, 2.24) is 4.98 Å². The van der Waals surface area contributed by atoms with Gasteiger partial charge in [0.1, 0.15) is 17.1 Å². The van der Waals surface area contributed by atoms with Crippen molar-refractivity contribution >= 4 is 5.69 Å². The Morgan fingerprint density at radius 3 is 2.80 bits per heavy atom. The molecule has 5 heteroatoms. The molecule has 0 aliphatic heterocycles. The zero-order chi connectivity index (χ0) is 11.4. The van der Waals surface area contributed by atoms with E-state index in [4.69, 9.17) is 15.2 Å². The molecule has 0 bridgehead atoms. The number of methoxy groups -OCH3 is 1. The van der Waals surface area contributed by atoms with Crippen molar-refractivity contribution in [2.45, 2.75) is 20.1 Å². The van der Waals surface area contributed by atoms with Gasteiger partial charge in [0.25, 0.3) is 0 Å². The normalized spacial score (nSPS) is 12.5. The minimum absolute atomic E-state index is 0.300. The molecule has 0 fully saturated rings. The fourth-order valence-electron chi connectivity index (χ4n) is 1.27. The number of ether oxygens (including phenoxy) is 2. The monoisotopic (exact) mass is 212 g/mol. The summed E-state index contributed by atoms with van der Waals surface area (Å²) in [7, 11) is 1.52. The molecule has 1 aromatic heterocycles. The molecule has 0 radical (unpaired) electrons. The van der Waals surface area contributed by atoms with Crippen LogP contribution >= 0.6 is 0 Å². The predicted molar refractivity (Wildman–Crippen MR) is 56.5 cm³/mol. The van der Waals surface area contributed by atoms with E-state index in [1.165, 1.54) is 7.11 Å². The van der Waals surface area contributed by atoms with Gasteiger partial charge in [-0.25, -0.2) is 0 Å². The Hall–Kier alpha value is -1.33. The Morgan fingerprint density at radius 2 is 2.27 bits per heavy atom. The zero-order valence-electron chi connectivity index (χ0n) is 9.15. The highest BCUT2D eigenvalue weighted by Gasteiger charge is 2.16. The van der Waals surface area contributed by atoms with Crippen LogP contribution < -0.4 is 10.5 Å². The van der Waals surface area contributed by atoms with E-state index in [0.717, 1.165) is 5.69 Å². The standard InChI is InChI=1S/C10H16N2O3/c1-4-15-10(13)9-8(11)7(14-3)5-6(2)12-9/h5,10,13H,4,11H2,1-3H3. The van der Waals surface area contributed by atoms with E-state index in [1.807, 2.05) is 0 Å². The fraction of sp³-hybridized carbons (Fsp3) is 0.500. The first-order chi connectivity index (χ1) is 7.10. The number of anilines is 1. The fourth-order valence-corrected chi connectivity index (χ4v) is 1.27. The largest absolute Gasteiger partial charge is 0.494 e. The second-order valence-corrected chi connectivity index (χ2v) is 3.07. The number of aliphatic hydroxyl groups excluding tert-OH is 1. The molecular weight excluding hydrogens is 196 g/mol. The van der Waals surface area contributed by atoms with Gasteiger partial charge in [0.2, 0.25) is 6.29 Å². The minimum atomic E-state index is -1.11. The number of aliphatic hydroxyl groups is 1. The lowest BCUT2D eigenvalue weighted by molar-refractivity contribution is -0.100. The molecule has 1 atom stereocenters. The average molecular weight is 212 g/mol. The molecule has 3 N–H and O–H groups in total. The van der Waals surface area contributed by atoms with Crippen LogP contribution in [-0.2, 0) is 4.74 Å². The number of nitrogen functional groups attached to an aromatic ring is 1. The number of rotatable bonds is 4. The number of nitrogens with two attached hydrogens (primary N) is 1. The van der Waals surface area contributed by atoms with Crippen molar-refractivity contribution in [1.29, 1.82) is 0 Å². The van der Waals surface area contributed by atoms with E-state index in [2.05, 4.69) is 4.98 Å². The van der Waals surface area contributed by atoms with Crippen molar-refractivity contribution in [2.75, 3.05) is 19.5 Å². The van der Waals surface area contributed by atoms with Gasteiger partial charge < -0.3 is 20.3 Å². The lowest BCUT2D eigenvalue weighted by atomic mass is 10.2. The van der Waals surface area contributed by atoms with Crippen molar-refractivity contribution in [3.63, 3.8) is 0 Å². The summed E-state index contributed by atoms with van der Waals surface area (Å²) in [5, 5.41) is 9.63. The lowest BCUT2D eigenvalue weighted by Gasteiger charge is -2.15. The summed E-state index contributed by atoms with van der Waals surface area (Å²) in [6, 6.07) is 1.71. The number of hydrogen-bond donors (Lipinski definition) is 2. The van der Waals surface area contributed by atoms with Gasteiger partial charge in [0, 0.05) is 18.4 Å². The molecule has 5 nitrogen and oxygen atoms in total. The Bertz CT molecular complexity index is 342. The lowest BCUT2D eigenvalue weighted by Crippen LogP contribution is -2.10. The topological polar surface area (TPSA) is 77.6 Å². The number of hydrogen-bond acceptors (Lipinski definition) is 5. The quantitative estimate of drug-likeness (QED) is 0.728. The van der Waals surface area contributed by atoms with Crippen LogP contribution in [0.2, 0.25) is 0 Å². The molecule has 0 aromatic carbocycles. The van der Waals surface area contributed by atoms with Crippen LogP contribution in [0.1, 0.15) is 24.6 Å². The van der Waals surface area contributed by atoms with Gasteiger partial charge in [-0.1, -0.05) is 0 Å². The zero-order valence-corrected chi connectivity index (χ0v) is 9.15. The van der Waals surface area contributed by atoms with E-state index in [-0.39, 0.29) is 0 Å². The Labute approximate surface area is 88.8 Å². The predicted octanol–water partition coefficient (Wildman–Crippen LogP) is 1.01. The second kappa shape index (κ2) is 4.95. The maximum absolute atomic E-state index is 9.63. The van der Waals surface area contributed by atoms with Crippen LogP contribution in [-0.4, -0.2) is 23.8 Å². The summed E-state index contributed by atoms with van der Waals surface area (Å²) in [6.07, 6.45) is -1.11. The van der Waals surface area contributed by atoms with Gasteiger partial charge in [0.15, 0.2) is 0 Å². The molecule has 0 saturated heterocycles. The molecular formula is C10H16N2O3. The number of aromatic nitrogens is 1. The smallest absolute Gasteiger partial charge is 0.200 e. The maximum Gasteiger partial charge on any atom is 0.200 e. The molecule has 1 aromatic rings. The molecule has 0 aliphatic carbocycles. The Morgan fingerprint density at radius 1 is 1.60 bits per heavy atom. The minimum Gasteiger partial charge on any atom is -0.494 e. The third kappa shape index (κ3) is 2.57. The molecule has 0 spiro atoms. The summed E-state index contributed by atoms with van der Waals surface area (Å²) in [5.74, 6) is 0.497. The average Bonchev–Trinajstić information content (AvgIpc) is 2.21. The molecule has 1 heterocycles. The van der Waals surface area contributed by atoms with Gasteiger partial charge in [-0.3, -0.25) is 4.98 Å². The van der Waals surface area contributed by atoms with Gasteiger partial charge >= 0.3 is 0 Å². The van der Waals surface area contributed by atoms with E-state index >= 15 is 0 Å². The molecule has 0 amide bonds. The Balaban J connectivity index is 3.11. The summed E-state index contributed by atoms with van der Waals surface area (Å²) < 4.78 is 10.1. The molecule has 15 heavy (non-hydrogen) atoms. The van der Waals surface area contributed by atoms with Gasteiger partial charge in [-0.15, -0.1) is 0 Å². The van der Waals surface area contributed by atoms with E-state index in [1.54, 1.807) is 19.9 Å². The number of nitrogens with zero attached hydrogens (tertiary/aromatic N) is 1. The molecule has 1 rings (SSSR count). The summed E-state index contributed by atoms with van der Waals surface area (Å²) >= 11 is 0. The van der Waals surface area contributed by atoms with Gasteiger partial charge in [-0.05, 0) is 13.8 Å².